The predicted octanol–water partition coefficient (Wildman–Crippen LogP) is 8.34. The van der Waals surface area contributed by atoms with Gasteiger partial charge < -0.3 is 43.6 Å². The highest BCUT2D eigenvalue weighted by atomic mass is 16.7. The Morgan fingerprint density at radius 1 is 0.886 bits per heavy atom. The van der Waals surface area contributed by atoms with Crippen molar-refractivity contribution in [2.45, 2.75) is 183 Å². The number of aliphatic hydroxyl groups excluding tert-OH is 3. The van der Waals surface area contributed by atoms with Crippen LogP contribution in [0.1, 0.15) is 146 Å². The van der Waals surface area contributed by atoms with E-state index in [-0.39, 0.29) is 71.8 Å². The molecule has 0 unspecified atom stereocenters. The molecule has 5 saturated heterocycles. The summed E-state index contributed by atoms with van der Waals surface area (Å²) in [5, 5.41) is 40.7. The van der Waals surface area contributed by atoms with Gasteiger partial charge in [0.1, 0.15) is 35.8 Å². The van der Waals surface area contributed by atoms with E-state index in [1.54, 1.807) is 6.26 Å². The highest BCUT2D eigenvalue weighted by Crippen LogP contribution is 2.91. The maximum atomic E-state index is 16.8. The van der Waals surface area contributed by atoms with Gasteiger partial charge in [0.25, 0.3) is 0 Å². The van der Waals surface area contributed by atoms with Crippen molar-refractivity contribution < 1.29 is 53.1 Å². The molecule has 5 bridgehead atoms. The molecule has 7 aliphatic heterocycles. The van der Waals surface area contributed by atoms with Crippen LogP contribution in [0.2, 0.25) is 0 Å². The second-order valence-electron chi connectivity index (χ2n) is 29.7. The molecular weight excluding hydrogens is 997 g/mol. The molecule has 79 heavy (non-hydrogen) atoms. The summed E-state index contributed by atoms with van der Waals surface area (Å²) in [5.74, 6) is -1.08. The quantitative estimate of drug-likeness (QED) is 0.107. The fraction of sp³-hybridized carbons (Fsp3) is 0.742. The van der Waals surface area contributed by atoms with Crippen LogP contribution >= 0.6 is 0 Å². The lowest BCUT2D eigenvalue weighted by Gasteiger charge is -2.73. The maximum Gasteiger partial charge on any atom is 0.339 e. The summed E-state index contributed by atoms with van der Waals surface area (Å²) < 4.78 is 36.2. The van der Waals surface area contributed by atoms with Gasteiger partial charge in [-0.05, 0) is 184 Å². The Labute approximate surface area is 464 Å². The SMILES string of the molecule is C[C@@]12C[C@H]3C[C@]45[C@H](CCC46CCCC6)CC4=CC[C@]6(C)O[C@]47[C@H]5C(=O)OC[C@]74[C@@H]3[C@@]([C@H]3CCC[C@@H](Cc5ccccc5)C3)([C@H](O)C(=O)[C@@H]46)[C@]13O[C@@H]3C(=O)O[C@H]2c1ccoc1C[C@@H]([C@H]1CC[C@H]2[C@H](C=CN3CNC[C@@H]23)C1)[C@H](O)CO. The Morgan fingerprint density at radius 2 is 1.73 bits per heavy atom. The highest BCUT2D eigenvalue weighted by Gasteiger charge is 2.99. The Bertz CT molecular complexity index is 2970. The lowest BCUT2D eigenvalue weighted by Crippen LogP contribution is -2.82. The molecule has 1 aromatic heterocycles. The van der Waals surface area contributed by atoms with E-state index >= 15 is 14.4 Å². The van der Waals surface area contributed by atoms with Gasteiger partial charge in [-0.2, -0.15) is 0 Å². The first-order valence-electron chi connectivity index (χ1n) is 31.5. The van der Waals surface area contributed by atoms with Crippen molar-refractivity contribution in [1.82, 2.24) is 10.2 Å². The fourth-order valence-corrected chi connectivity index (χ4v) is 25.4. The Kier molecular flexibility index (Phi) is 10.4. The third-order valence-electron chi connectivity index (χ3n) is 27.4. The summed E-state index contributed by atoms with van der Waals surface area (Å²) in [6, 6.07) is 13.1. The van der Waals surface area contributed by atoms with Gasteiger partial charge in [-0.3, -0.25) is 14.9 Å². The molecule has 0 amide bonds. The monoisotopic (exact) mass is 1080 g/mol. The number of benzene rings is 1. The van der Waals surface area contributed by atoms with Gasteiger partial charge >= 0.3 is 11.9 Å². The lowest BCUT2D eigenvalue weighted by atomic mass is 9.30. The molecule has 8 heterocycles. The van der Waals surface area contributed by atoms with Crippen molar-refractivity contribution in [3.63, 3.8) is 0 Å². The second kappa shape index (κ2) is 16.5. The van der Waals surface area contributed by atoms with Gasteiger partial charge in [0.15, 0.2) is 11.9 Å². The molecule has 13 heteroatoms. The molecule has 1 aromatic carbocycles. The van der Waals surface area contributed by atoms with Crippen LogP contribution in [0.4, 0.5) is 0 Å². The van der Waals surface area contributed by atoms with E-state index in [0.717, 1.165) is 122 Å². The molecule has 23 atom stereocenters. The van der Waals surface area contributed by atoms with Gasteiger partial charge in [0, 0.05) is 35.4 Å². The van der Waals surface area contributed by atoms with E-state index in [1.165, 1.54) is 11.1 Å². The molecule has 5 spiro atoms. The topological polar surface area (TPSA) is 181 Å². The van der Waals surface area contributed by atoms with E-state index in [0.29, 0.717) is 42.9 Å². The Hall–Kier alpha value is -3.85. The molecule has 422 valence electrons. The molecular formula is C66H82N2O11. The third kappa shape index (κ3) is 5.70. The number of ether oxygens (including phenoxy) is 4. The maximum absolute atomic E-state index is 16.8. The van der Waals surface area contributed by atoms with Gasteiger partial charge in [-0.15, -0.1) is 0 Å². The van der Waals surface area contributed by atoms with Crippen molar-refractivity contribution in [3.8, 4) is 0 Å². The zero-order valence-electron chi connectivity index (χ0n) is 46.3. The number of ketones is 1. The lowest BCUT2D eigenvalue weighted by molar-refractivity contribution is -0.301. The fourth-order valence-electron chi connectivity index (χ4n) is 25.4. The number of esters is 2. The summed E-state index contributed by atoms with van der Waals surface area (Å²) >= 11 is 0. The van der Waals surface area contributed by atoms with Crippen LogP contribution < -0.4 is 5.32 Å². The predicted molar refractivity (Wildman–Crippen MR) is 287 cm³/mol. The zero-order chi connectivity index (χ0) is 53.4. The molecule has 15 aliphatic rings. The smallest absolute Gasteiger partial charge is 0.339 e. The van der Waals surface area contributed by atoms with E-state index in [9.17, 15) is 15.3 Å². The number of hydrogen-bond donors (Lipinski definition) is 4. The van der Waals surface area contributed by atoms with Gasteiger partial charge in [-0.1, -0.05) is 75.1 Å². The number of allylic oxidation sites excluding steroid dienone is 1. The largest absolute Gasteiger partial charge is 0.469 e. The number of cyclic esters (lactones) is 2. The number of epoxide rings is 1. The first kappa shape index (κ1) is 49.7. The molecule has 0 radical (unpaired) electrons. The first-order chi connectivity index (χ1) is 38.2. The Morgan fingerprint density at radius 3 is 2.57 bits per heavy atom. The minimum absolute atomic E-state index is 0.0510. The number of hydrogen-bond acceptors (Lipinski definition) is 13. The second-order valence-corrected chi connectivity index (χ2v) is 29.7. The highest BCUT2D eigenvalue weighted by molar-refractivity contribution is 5.94. The number of aliphatic hydroxyl groups is 3. The van der Waals surface area contributed by atoms with E-state index in [2.05, 4.69) is 72.7 Å². The summed E-state index contributed by atoms with van der Waals surface area (Å²) in [5.41, 5.74) is -4.06. The standard InChI is InChI=1S/C66H82N2O11/c1-59-30-40-31-62-41(16-22-61(62)19-6-7-20-61)28-43-15-21-60(2)52-50(71)54(72)64(42-12-8-11-37(26-42)25-36-9-4-3-5-10-36,51(40)63(52)34-76-57(73)53(62)65(43,63)79-60)66(59)56(78-66)58(74)77-55(59)45-18-24-75-49(45)29-46(48(70)33-69)38-13-14-44-39(27-38)17-23-68-35-67-32-47(44)68/h3-5,9-10,15,17-18,23-24,37-42,44,46-48,51-56,67,69-70,72H,6-8,11-14,16,19-22,25-35H2,1-2H3/t37-,38-,39+,40-,41+,42-,44-,46-,47-,48+,51+,52+,53-,54+,55-,56+,59-,60-,62+,63+,64-,65-,66+/m0/s1. The molecule has 17 rings (SSSR count). The van der Waals surface area contributed by atoms with Crippen molar-refractivity contribution in [2.75, 3.05) is 26.4 Å². The number of Topliss-reactive ketones (excluding diaryl/α,β-unsaturated/α-hetero) is 1. The first-order valence-corrected chi connectivity index (χ1v) is 31.5. The van der Waals surface area contributed by atoms with Crippen LogP contribution in [0.5, 0.6) is 0 Å². The minimum atomic E-state index is -1.48. The van der Waals surface area contributed by atoms with Gasteiger partial charge in [0.2, 0.25) is 0 Å². The molecule has 8 aliphatic carbocycles. The number of nitrogens with one attached hydrogen (secondary N) is 1. The summed E-state index contributed by atoms with van der Waals surface area (Å²) in [6.45, 7) is 5.91. The van der Waals surface area contributed by atoms with E-state index in [4.69, 9.17) is 23.4 Å². The Balaban J connectivity index is 0.858. The number of furan rings is 1. The zero-order valence-corrected chi connectivity index (χ0v) is 46.3. The van der Waals surface area contributed by atoms with Gasteiger partial charge in [0.05, 0.1) is 48.5 Å². The van der Waals surface area contributed by atoms with E-state index in [1.807, 2.05) is 6.07 Å². The molecule has 2 aromatic rings. The van der Waals surface area contributed by atoms with Crippen molar-refractivity contribution in [2.24, 2.45) is 92.2 Å². The van der Waals surface area contributed by atoms with Crippen LogP contribution in [-0.2, 0) is 46.2 Å². The number of carbonyl (C=O) groups excluding carboxylic acids is 3. The van der Waals surface area contributed by atoms with Crippen LogP contribution in [0, 0.1) is 92.2 Å². The third-order valence-corrected chi connectivity index (χ3v) is 27.4. The van der Waals surface area contributed by atoms with Crippen molar-refractivity contribution >= 4 is 17.7 Å². The van der Waals surface area contributed by atoms with E-state index < -0.39 is 80.7 Å². The van der Waals surface area contributed by atoms with Crippen LogP contribution in [0.15, 0.2) is 71.0 Å². The summed E-state index contributed by atoms with van der Waals surface area (Å²) in [6.07, 6.45) is 21.1. The summed E-state index contributed by atoms with van der Waals surface area (Å²) in [7, 11) is 0. The van der Waals surface area contributed by atoms with Crippen molar-refractivity contribution in [3.05, 3.63) is 83.5 Å². The van der Waals surface area contributed by atoms with Crippen LogP contribution in [0.3, 0.4) is 0 Å². The number of rotatable bonds is 9. The number of fused-ring (bicyclic) bond motifs is 5. The normalized spacial score (nSPS) is 51.2. The van der Waals surface area contributed by atoms with Gasteiger partial charge in [-0.25, -0.2) is 4.79 Å². The molecule has 8 saturated carbocycles. The van der Waals surface area contributed by atoms with Crippen LogP contribution in [-0.4, -0.2) is 106 Å². The van der Waals surface area contributed by atoms with Crippen molar-refractivity contribution in [1.29, 1.82) is 0 Å². The number of carbonyl (C=O) groups is 3. The van der Waals surface area contributed by atoms with Crippen LogP contribution in [0.25, 0.3) is 0 Å². The average Bonchev–Trinajstić information content (AvgIpc) is 1.47. The molecule has 4 N–H and O–H groups in total. The summed E-state index contributed by atoms with van der Waals surface area (Å²) in [4.78, 5) is 50.5. The molecule has 13 nitrogen and oxygen atoms in total. The molecule has 13 fully saturated rings. The minimum Gasteiger partial charge on any atom is -0.469 e. The average molecular weight is 1080 g/mol. The number of nitrogens with zero attached hydrogens (tertiary/aromatic N) is 1.